The van der Waals surface area contributed by atoms with Gasteiger partial charge in [-0.2, -0.15) is 0 Å². The third-order valence-electron chi connectivity index (χ3n) is 3.35. The molecule has 2 aromatic rings. The second-order valence-corrected chi connectivity index (χ2v) is 7.71. The normalized spacial score (nSPS) is 17.1. The fourth-order valence-electron chi connectivity index (χ4n) is 2.40. The zero-order valence-corrected chi connectivity index (χ0v) is 12.0. The van der Waals surface area contributed by atoms with E-state index in [1.54, 1.807) is 6.07 Å². The van der Waals surface area contributed by atoms with Crippen LogP contribution in [0.25, 0.3) is 10.1 Å². The second-order valence-electron chi connectivity index (χ2n) is 4.83. The summed E-state index contributed by atoms with van der Waals surface area (Å²) in [6.07, 6.45) is 4.95. The Morgan fingerprint density at radius 3 is 2.63 bits per heavy atom. The van der Waals surface area contributed by atoms with E-state index in [4.69, 9.17) is 9.88 Å². The largest absolute Gasteiger partial charge is 0.490 e. The molecule has 1 saturated carbocycles. The maximum absolute atomic E-state index is 11.3. The van der Waals surface area contributed by atoms with Gasteiger partial charge in [-0.25, -0.2) is 13.6 Å². The Balaban J connectivity index is 1.92. The molecular weight excluding hydrogens is 282 g/mol. The van der Waals surface area contributed by atoms with E-state index in [1.165, 1.54) is 24.2 Å². The molecular formula is C13H15NO3S2. The molecule has 0 spiro atoms. The third-order valence-corrected chi connectivity index (χ3v) is 5.87. The van der Waals surface area contributed by atoms with Crippen LogP contribution < -0.4 is 9.88 Å². The Morgan fingerprint density at radius 1 is 1.21 bits per heavy atom. The fourth-order valence-corrected chi connectivity index (χ4v) is 4.25. The van der Waals surface area contributed by atoms with Gasteiger partial charge in [0.2, 0.25) is 10.0 Å². The van der Waals surface area contributed by atoms with Crippen molar-refractivity contribution >= 4 is 31.4 Å². The Kier molecular flexibility index (Phi) is 3.24. The summed E-state index contributed by atoms with van der Waals surface area (Å²) in [5.74, 6) is 0.808. The number of ether oxygens (including phenoxy) is 1. The highest BCUT2D eigenvalue weighted by molar-refractivity contribution is 7.91. The number of fused-ring (bicyclic) bond motifs is 1. The highest BCUT2D eigenvalue weighted by atomic mass is 32.2. The van der Waals surface area contributed by atoms with Gasteiger partial charge in [0, 0.05) is 4.70 Å². The van der Waals surface area contributed by atoms with Gasteiger partial charge in [0.25, 0.3) is 0 Å². The zero-order chi connectivity index (χ0) is 13.5. The summed E-state index contributed by atoms with van der Waals surface area (Å²) in [5.41, 5.74) is 0. The molecule has 1 aromatic heterocycles. The molecule has 1 aliphatic carbocycles. The molecule has 0 amide bonds. The van der Waals surface area contributed by atoms with Crippen LogP contribution in [-0.4, -0.2) is 14.5 Å². The first-order valence-electron chi connectivity index (χ1n) is 6.25. The zero-order valence-electron chi connectivity index (χ0n) is 10.3. The first-order valence-corrected chi connectivity index (χ1v) is 8.62. The summed E-state index contributed by atoms with van der Waals surface area (Å²) < 4.78 is 29.6. The van der Waals surface area contributed by atoms with E-state index < -0.39 is 10.0 Å². The molecule has 1 aromatic carbocycles. The summed E-state index contributed by atoms with van der Waals surface area (Å²) >= 11 is 1.18. The van der Waals surface area contributed by atoms with Crippen LogP contribution in [0.4, 0.5) is 0 Å². The molecule has 0 radical (unpaired) electrons. The van der Waals surface area contributed by atoms with E-state index in [0.717, 1.165) is 28.7 Å². The Morgan fingerprint density at radius 2 is 1.95 bits per heavy atom. The molecule has 0 atom stereocenters. The van der Waals surface area contributed by atoms with Gasteiger partial charge in [-0.1, -0.05) is 0 Å². The first kappa shape index (κ1) is 12.9. The maximum atomic E-state index is 11.3. The van der Waals surface area contributed by atoms with E-state index in [2.05, 4.69) is 0 Å². The minimum atomic E-state index is -3.62. The molecule has 2 N–H and O–H groups in total. The topological polar surface area (TPSA) is 69.4 Å². The van der Waals surface area contributed by atoms with Crippen molar-refractivity contribution in [1.82, 2.24) is 0 Å². The van der Waals surface area contributed by atoms with Crippen LogP contribution in [0, 0.1) is 0 Å². The number of nitrogens with two attached hydrogens (primary N) is 1. The van der Waals surface area contributed by atoms with Crippen molar-refractivity contribution in [2.45, 2.75) is 36.0 Å². The summed E-state index contributed by atoms with van der Waals surface area (Å²) in [4.78, 5) is 0. The Bertz CT molecular complexity index is 700. The van der Waals surface area contributed by atoms with Gasteiger partial charge in [-0.15, -0.1) is 11.3 Å². The van der Waals surface area contributed by atoms with E-state index >= 15 is 0 Å². The minimum absolute atomic E-state index is 0.195. The Labute approximate surface area is 116 Å². The van der Waals surface area contributed by atoms with Gasteiger partial charge >= 0.3 is 0 Å². The average Bonchev–Trinajstić information content (AvgIpc) is 2.95. The predicted octanol–water partition coefficient (Wildman–Crippen LogP) is 2.87. The third kappa shape index (κ3) is 2.75. The number of hydrogen-bond donors (Lipinski definition) is 1. The van der Waals surface area contributed by atoms with Gasteiger partial charge < -0.3 is 4.74 Å². The van der Waals surface area contributed by atoms with Gasteiger partial charge in [0.1, 0.15) is 9.96 Å². The number of thiophene rings is 1. The average molecular weight is 297 g/mol. The van der Waals surface area contributed by atoms with Crippen molar-refractivity contribution in [1.29, 1.82) is 0 Å². The van der Waals surface area contributed by atoms with Crippen molar-refractivity contribution in [2.24, 2.45) is 5.14 Å². The molecule has 1 heterocycles. The predicted molar refractivity (Wildman–Crippen MR) is 76.1 cm³/mol. The summed E-state index contributed by atoms with van der Waals surface area (Å²) in [7, 11) is -3.62. The van der Waals surface area contributed by atoms with Crippen LogP contribution in [-0.2, 0) is 10.0 Å². The Hall–Kier alpha value is -1.11. The molecule has 102 valence electrons. The van der Waals surface area contributed by atoms with Gasteiger partial charge in [0.15, 0.2) is 0 Å². The highest BCUT2D eigenvalue weighted by Gasteiger charge is 2.17. The van der Waals surface area contributed by atoms with Crippen LogP contribution in [0.5, 0.6) is 5.75 Å². The summed E-state index contributed by atoms with van der Waals surface area (Å²) in [6, 6.07) is 7.27. The lowest BCUT2D eigenvalue weighted by Gasteiger charge is -2.12. The van der Waals surface area contributed by atoms with Crippen LogP contribution >= 0.6 is 11.3 Å². The molecule has 0 saturated heterocycles. The lowest BCUT2D eigenvalue weighted by atomic mass is 10.2. The van der Waals surface area contributed by atoms with Crippen molar-refractivity contribution in [2.75, 3.05) is 0 Å². The number of rotatable bonds is 3. The molecule has 6 heteroatoms. The van der Waals surface area contributed by atoms with Crippen LogP contribution in [0.3, 0.4) is 0 Å². The van der Waals surface area contributed by atoms with E-state index in [9.17, 15) is 8.42 Å². The number of hydrogen-bond acceptors (Lipinski definition) is 4. The standard InChI is InChI=1S/C13H15NO3S2/c14-19(15,16)13-7-9-5-6-11(8-12(9)18-13)17-10-3-1-2-4-10/h5-8,10H,1-4H2,(H2,14,15,16). The molecule has 0 bridgehead atoms. The number of sulfonamides is 1. The number of primary sulfonamides is 1. The summed E-state index contributed by atoms with van der Waals surface area (Å²) in [5, 5.41) is 6.02. The van der Waals surface area contributed by atoms with E-state index in [1.807, 2.05) is 18.2 Å². The lowest BCUT2D eigenvalue weighted by molar-refractivity contribution is 0.210. The van der Waals surface area contributed by atoms with Gasteiger partial charge in [-0.05, 0) is 55.3 Å². The quantitative estimate of drug-likeness (QED) is 0.947. The molecule has 1 aliphatic rings. The van der Waals surface area contributed by atoms with Crippen LogP contribution in [0.2, 0.25) is 0 Å². The van der Waals surface area contributed by atoms with Crippen molar-refractivity contribution in [3.05, 3.63) is 24.3 Å². The van der Waals surface area contributed by atoms with Crippen molar-refractivity contribution in [3.63, 3.8) is 0 Å². The smallest absolute Gasteiger partial charge is 0.247 e. The molecule has 0 aliphatic heterocycles. The fraction of sp³-hybridized carbons (Fsp3) is 0.385. The number of benzene rings is 1. The van der Waals surface area contributed by atoms with E-state index in [-0.39, 0.29) is 4.21 Å². The maximum Gasteiger partial charge on any atom is 0.247 e. The lowest BCUT2D eigenvalue weighted by Crippen LogP contribution is -2.10. The highest BCUT2D eigenvalue weighted by Crippen LogP contribution is 2.32. The summed E-state index contributed by atoms with van der Waals surface area (Å²) in [6.45, 7) is 0. The van der Waals surface area contributed by atoms with Crippen molar-refractivity contribution in [3.8, 4) is 5.75 Å². The van der Waals surface area contributed by atoms with Gasteiger partial charge in [-0.3, -0.25) is 0 Å². The monoisotopic (exact) mass is 297 g/mol. The molecule has 4 nitrogen and oxygen atoms in total. The molecule has 0 unspecified atom stereocenters. The van der Waals surface area contributed by atoms with Crippen molar-refractivity contribution < 1.29 is 13.2 Å². The van der Waals surface area contributed by atoms with E-state index in [0.29, 0.717) is 6.10 Å². The van der Waals surface area contributed by atoms with Crippen LogP contribution in [0.15, 0.2) is 28.5 Å². The molecule has 1 fully saturated rings. The minimum Gasteiger partial charge on any atom is -0.490 e. The first-order chi connectivity index (χ1) is 9.02. The molecule has 19 heavy (non-hydrogen) atoms. The van der Waals surface area contributed by atoms with Crippen LogP contribution in [0.1, 0.15) is 25.7 Å². The molecule has 3 rings (SSSR count). The van der Waals surface area contributed by atoms with Gasteiger partial charge in [0.05, 0.1) is 6.10 Å². The SMILES string of the molecule is NS(=O)(=O)c1cc2ccc(OC3CCCC3)cc2s1. The second kappa shape index (κ2) is 4.77.